The van der Waals surface area contributed by atoms with E-state index >= 15 is 0 Å². The van der Waals surface area contributed by atoms with Gasteiger partial charge in [-0.3, -0.25) is 9.78 Å². The van der Waals surface area contributed by atoms with Gasteiger partial charge in [0, 0.05) is 11.8 Å². The number of rotatable bonds is 9. The Balaban J connectivity index is 2.32. The highest BCUT2D eigenvalue weighted by molar-refractivity contribution is 5.73. The Morgan fingerprint density at radius 1 is 1.31 bits per heavy atom. The number of carbonyl (C=O) groups excluding carboxylic acids is 1. The molecule has 0 spiro atoms. The molecule has 4 N–H and O–H groups in total. The number of amides is 1. The SMILES string of the molecule is C[C@H](CCC[C@H](NC(=O)OC(C)(C)C)c1cc(-c2c(N)cnn2C(F)F)ccn1)C(=O)O. The van der Waals surface area contributed by atoms with Crippen molar-refractivity contribution in [2.45, 2.75) is 65.1 Å². The van der Waals surface area contributed by atoms with Crippen molar-refractivity contribution >= 4 is 17.7 Å². The summed E-state index contributed by atoms with van der Waals surface area (Å²) in [4.78, 5) is 27.8. The number of carboxylic acids is 1. The number of hydrogen-bond acceptors (Lipinski definition) is 6. The fourth-order valence-electron chi connectivity index (χ4n) is 3.10. The fraction of sp³-hybridized carbons (Fsp3) is 0.524. The lowest BCUT2D eigenvalue weighted by atomic mass is 9.99. The van der Waals surface area contributed by atoms with E-state index in [1.165, 1.54) is 12.3 Å². The predicted molar refractivity (Wildman–Crippen MR) is 114 cm³/mol. The molecule has 0 fully saturated rings. The number of nitrogen functional groups attached to an aromatic ring is 1. The molecule has 0 aliphatic carbocycles. The third-order valence-corrected chi connectivity index (χ3v) is 4.66. The molecule has 9 nitrogen and oxygen atoms in total. The van der Waals surface area contributed by atoms with Crippen LogP contribution in [0, 0.1) is 5.92 Å². The number of carbonyl (C=O) groups is 2. The van der Waals surface area contributed by atoms with Crippen molar-refractivity contribution in [1.29, 1.82) is 0 Å². The first-order valence-corrected chi connectivity index (χ1v) is 10.2. The molecule has 176 valence electrons. The van der Waals surface area contributed by atoms with Crippen LogP contribution in [0.3, 0.4) is 0 Å². The van der Waals surface area contributed by atoms with Crippen molar-refractivity contribution < 1.29 is 28.2 Å². The number of ether oxygens (including phenoxy) is 1. The van der Waals surface area contributed by atoms with Crippen LogP contribution in [0.5, 0.6) is 0 Å². The number of aliphatic carboxylic acids is 1. The molecule has 0 bridgehead atoms. The standard InChI is InChI=1S/C21H29F2N5O4/c1-12(18(29)30)6-5-7-15(27-20(31)32-21(2,3)4)16-10-13(8-9-25-16)17-14(24)11-26-28(17)19(22)23/h8-12,15,19H,5-7,24H2,1-4H3,(H,27,31)(H,29,30)/t12-,15+/m1/s1. The van der Waals surface area contributed by atoms with Gasteiger partial charge in [0.2, 0.25) is 0 Å². The van der Waals surface area contributed by atoms with Gasteiger partial charge in [-0.1, -0.05) is 13.3 Å². The zero-order valence-corrected chi connectivity index (χ0v) is 18.5. The Labute approximate surface area is 185 Å². The van der Waals surface area contributed by atoms with E-state index in [4.69, 9.17) is 15.6 Å². The molecule has 2 aromatic heterocycles. The minimum absolute atomic E-state index is 0.0409. The third-order valence-electron chi connectivity index (χ3n) is 4.66. The van der Waals surface area contributed by atoms with Crippen LogP contribution in [0.15, 0.2) is 24.5 Å². The molecule has 2 rings (SSSR count). The number of nitrogens with one attached hydrogen (secondary N) is 1. The van der Waals surface area contributed by atoms with E-state index in [0.717, 1.165) is 6.20 Å². The van der Waals surface area contributed by atoms with Gasteiger partial charge >= 0.3 is 18.6 Å². The van der Waals surface area contributed by atoms with Crippen LogP contribution in [0.4, 0.5) is 19.3 Å². The summed E-state index contributed by atoms with van der Waals surface area (Å²) >= 11 is 0. The third kappa shape index (κ3) is 6.89. The highest BCUT2D eigenvalue weighted by atomic mass is 19.3. The summed E-state index contributed by atoms with van der Waals surface area (Å²) < 4.78 is 32.5. The van der Waals surface area contributed by atoms with E-state index in [2.05, 4.69) is 15.4 Å². The number of halogens is 2. The lowest BCUT2D eigenvalue weighted by molar-refractivity contribution is -0.141. The number of aromatic nitrogens is 3. The molecule has 2 heterocycles. The predicted octanol–water partition coefficient (Wildman–Crippen LogP) is 4.38. The summed E-state index contributed by atoms with van der Waals surface area (Å²) in [5, 5.41) is 15.5. The number of anilines is 1. The second kappa shape index (κ2) is 10.4. The molecular formula is C21H29F2N5O4. The molecule has 11 heteroatoms. The second-order valence-electron chi connectivity index (χ2n) is 8.51. The van der Waals surface area contributed by atoms with Crippen LogP contribution >= 0.6 is 0 Å². The summed E-state index contributed by atoms with van der Waals surface area (Å²) in [5.74, 6) is -1.45. The number of carboxylic acid groups (broad SMARTS) is 1. The lowest BCUT2D eigenvalue weighted by Gasteiger charge is -2.24. The molecule has 0 aliphatic rings. The first-order chi connectivity index (χ1) is 14.9. The summed E-state index contributed by atoms with van der Waals surface area (Å²) in [6, 6.07) is 2.44. The molecule has 0 saturated heterocycles. The van der Waals surface area contributed by atoms with Crippen LogP contribution < -0.4 is 11.1 Å². The maximum Gasteiger partial charge on any atom is 0.408 e. The normalized spacial score (nSPS) is 13.6. The van der Waals surface area contributed by atoms with E-state index in [9.17, 15) is 18.4 Å². The fourth-order valence-corrected chi connectivity index (χ4v) is 3.10. The monoisotopic (exact) mass is 453 g/mol. The van der Waals surface area contributed by atoms with Gasteiger partial charge in [0.15, 0.2) is 0 Å². The number of alkyl carbamates (subject to hydrolysis) is 1. The van der Waals surface area contributed by atoms with Crippen molar-refractivity contribution in [1.82, 2.24) is 20.1 Å². The zero-order chi connectivity index (χ0) is 24.1. The molecule has 0 aliphatic heterocycles. The van der Waals surface area contributed by atoms with Gasteiger partial charge in [0.05, 0.1) is 35.2 Å². The number of nitrogens with zero attached hydrogens (tertiary/aromatic N) is 3. The summed E-state index contributed by atoms with van der Waals surface area (Å²) in [5.41, 5.74) is 6.01. The topological polar surface area (TPSA) is 132 Å². The first kappa shape index (κ1) is 25.0. The molecule has 2 aromatic rings. The Morgan fingerprint density at radius 2 is 2.00 bits per heavy atom. The molecule has 0 aromatic carbocycles. The van der Waals surface area contributed by atoms with Gasteiger partial charge in [-0.2, -0.15) is 13.9 Å². The van der Waals surface area contributed by atoms with Crippen molar-refractivity contribution in [3.8, 4) is 11.3 Å². The van der Waals surface area contributed by atoms with Gasteiger partial charge in [-0.15, -0.1) is 0 Å². The molecule has 0 unspecified atom stereocenters. The second-order valence-corrected chi connectivity index (χ2v) is 8.51. The zero-order valence-electron chi connectivity index (χ0n) is 18.5. The average molecular weight is 453 g/mol. The smallest absolute Gasteiger partial charge is 0.408 e. The largest absolute Gasteiger partial charge is 0.481 e. The molecule has 1 amide bonds. The molecule has 0 saturated carbocycles. The van der Waals surface area contributed by atoms with E-state index in [1.54, 1.807) is 33.8 Å². The lowest BCUT2D eigenvalue weighted by Crippen LogP contribution is -2.35. The number of pyridine rings is 1. The molecule has 2 atom stereocenters. The van der Waals surface area contributed by atoms with Crippen molar-refractivity contribution in [3.63, 3.8) is 0 Å². The summed E-state index contributed by atoms with van der Waals surface area (Å²) in [6.07, 6.45) is 3.15. The Bertz CT molecular complexity index is 943. The Hall–Kier alpha value is -3.24. The summed E-state index contributed by atoms with van der Waals surface area (Å²) in [6.45, 7) is 3.90. The van der Waals surface area contributed by atoms with Crippen molar-refractivity contribution in [3.05, 3.63) is 30.2 Å². The first-order valence-electron chi connectivity index (χ1n) is 10.2. The van der Waals surface area contributed by atoms with Crippen LogP contribution in [0.1, 0.15) is 65.2 Å². The van der Waals surface area contributed by atoms with Crippen molar-refractivity contribution in [2.24, 2.45) is 5.92 Å². The molecule has 0 radical (unpaired) electrons. The minimum Gasteiger partial charge on any atom is -0.481 e. The Morgan fingerprint density at radius 3 is 2.59 bits per heavy atom. The van der Waals surface area contributed by atoms with Gasteiger partial charge in [-0.25, -0.2) is 9.48 Å². The average Bonchev–Trinajstić information content (AvgIpc) is 3.07. The minimum atomic E-state index is -2.88. The van der Waals surface area contributed by atoms with E-state index < -0.39 is 36.2 Å². The van der Waals surface area contributed by atoms with E-state index in [1.807, 2.05) is 0 Å². The van der Waals surface area contributed by atoms with Gasteiger partial charge in [0.25, 0.3) is 0 Å². The van der Waals surface area contributed by atoms with Gasteiger partial charge in [-0.05, 0) is 45.7 Å². The summed E-state index contributed by atoms with van der Waals surface area (Å²) in [7, 11) is 0. The molecular weight excluding hydrogens is 424 g/mol. The number of nitrogens with two attached hydrogens (primary N) is 1. The van der Waals surface area contributed by atoms with Crippen LogP contribution in [0.25, 0.3) is 11.3 Å². The van der Waals surface area contributed by atoms with Crippen LogP contribution in [-0.4, -0.2) is 37.5 Å². The highest BCUT2D eigenvalue weighted by Gasteiger charge is 2.24. The maximum absolute atomic E-state index is 13.3. The Kier molecular flexibility index (Phi) is 8.12. The van der Waals surface area contributed by atoms with Gasteiger partial charge in [0.1, 0.15) is 5.60 Å². The van der Waals surface area contributed by atoms with Gasteiger partial charge < -0.3 is 20.9 Å². The number of alkyl halides is 2. The van der Waals surface area contributed by atoms with E-state index in [-0.39, 0.29) is 11.4 Å². The van der Waals surface area contributed by atoms with Crippen LogP contribution in [0.2, 0.25) is 0 Å². The number of hydrogen-bond donors (Lipinski definition) is 3. The quantitative estimate of drug-likeness (QED) is 0.513. The van der Waals surface area contributed by atoms with E-state index in [0.29, 0.717) is 35.2 Å². The van der Waals surface area contributed by atoms with Crippen LogP contribution in [-0.2, 0) is 9.53 Å². The maximum atomic E-state index is 13.3. The van der Waals surface area contributed by atoms with Crippen molar-refractivity contribution in [2.75, 3.05) is 5.73 Å². The highest BCUT2D eigenvalue weighted by Crippen LogP contribution is 2.31. The molecule has 32 heavy (non-hydrogen) atoms.